The third-order valence-electron chi connectivity index (χ3n) is 3.09. The number of benzene rings is 1. The van der Waals surface area contributed by atoms with Gasteiger partial charge in [0.25, 0.3) is 0 Å². The van der Waals surface area contributed by atoms with E-state index >= 15 is 0 Å². The van der Waals surface area contributed by atoms with E-state index in [1.807, 2.05) is 6.07 Å². The van der Waals surface area contributed by atoms with Crippen LogP contribution in [0, 0.1) is 5.82 Å². The number of pyridine rings is 1. The summed E-state index contributed by atoms with van der Waals surface area (Å²) in [6, 6.07) is 7.02. The number of nitrogens with one attached hydrogen (secondary N) is 1. The molecule has 1 amide bonds. The van der Waals surface area contributed by atoms with Crippen molar-refractivity contribution in [2.45, 2.75) is 12.8 Å². The summed E-state index contributed by atoms with van der Waals surface area (Å²) in [5.74, 6) is -0.323. The largest absolute Gasteiger partial charge is 0.326 e. The molecule has 0 saturated carbocycles. The van der Waals surface area contributed by atoms with Crippen molar-refractivity contribution in [1.82, 2.24) is 4.98 Å². The van der Waals surface area contributed by atoms with Gasteiger partial charge in [0.1, 0.15) is 5.82 Å². The van der Waals surface area contributed by atoms with Crippen LogP contribution in [-0.4, -0.2) is 10.9 Å². The van der Waals surface area contributed by atoms with E-state index in [0.717, 1.165) is 5.56 Å². The first kappa shape index (κ1) is 10.9. The fourth-order valence-electron chi connectivity index (χ4n) is 2.18. The number of anilines is 1. The lowest BCUT2D eigenvalue weighted by Crippen LogP contribution is -2.20. The molecule has 0 radical (unpaired) electrons. The van der Waals surface area contributed by atoms with Gasteiger partial charge >= 0.3 is 0 Å². The average molecular weight is 242 g/mol. The topological polar surface area (TPSA) is 42.0 Å². The SMILES string of the molecule is O=C1CCc2c(ccc(-c3cccnc3)c2F)N1. The zero-order chi connectivity index (χ0) is 12.5. The zero-order valence-electron chi connectivity index (χ0n) is 9.61. The molecule has 3 rings (SSSR count). The van der Waals surface area contributed by atoms with Gasteiger partial charge in [-0.2, -0.15) is 0 Å². The van der Waals surface area contributed by atoms with Crippen molar-refractivity contribution in [1.29, 1.82) is 0 Å². The number of fused-ring (bicyclic) bond motifs is 1. The van der Waals surface area contributed by atoms with E-state index in [-0.39, 0.29) is 11.7 Å². The van der Waals surface area contributed by atoms with Crippen molar-refractivity contribution < 1.29 is 9.18 Å². The van der Waals surface area contributed by atoms with Crippen molar-refractivity contribution in [3.8, 4) is 11.1 Å². The third kappa shape index (κ3) is 1.76. The lowest BCUT2D eigenvalue weighted by Gasteiger charge is -2.18. The highest BCUT2D eigenvalue weighted by Gasteiger charge is 2.20. The maximum Gasteiger partial charge on any atom is 0.224 e. The van der Waals surface area contributed by atoms with Gasteiger partial charge in [-0.15, -0.1) is 0 Å². The summed E-state index contributed by atoms with van der Waals surface area (Å²) in [5, 5.41) is 2.68. The van der Waals surface area contributed by atoms with Gasteiger partial charge in [-0.25, -0.2) is 4.39 Å². The molecular formula is C14H11FN2O. The Kier molecular flexibility index (Phi) is 2.55. The smallest absolute Gasteiger partial charge is 0.224 e. The van der Waals surface area contributed by atoms with E-state index in [0.29, 0.717) is 29.7 Å². The zero-order valence-corrected chi connectivity index (χ0v) is 9.61. The second-order valence-corrected chi connectivity index (χ2v) is 4.24. The Hall–Kier alpha value is -2.23. The molecule has 3 nitrogen and oxygen atoms in total. The number of rotatable bonds is 1. The number of halogens is 1. The van der Waals surface area contributed by atoms with Crippen LogP contribution < -0.4 is 5.32 Å². The second-order valence-electron chi connectivity index (χ2n) is 4.24. The monoisotopic (exact) mass is 242 g/mol. The number of hydrogen-bond acceptors (Lipinski definition) is 2. The maximum absolute atomic E-state index is 14.4. The molecule has 0 atom stereocenters. The van der Waals surface area contributed by atoms with E-state index in [9.17, 15) is 9.18 Å². The molecule has 18 heavy (non-hydrogen) atoms. The number of carbonyl (C=O) groups excluding carboxylic acids is 1. The van der Waals surface area contributed by atoms with Crippen molar-refractivity contribution in [3.63, 3.8) is 0 Å². The minimum atomic E-state index is -0.263. The summed E-state index contributed by atoms with van der Waals surface area (Å²) < 4.78 is 14.4. The molecule has 2 heterocycles. The minimum Gasteiger partial charge on any atom is -0.326 e. The fraction of sp³-hybridized carbons (Fsp3) is 0.143. The first-order valence-corrected chi connectivity index (χ1v) is 5.77. The summed E-state index contributed by atoms with van der Waals surface area (Å²) >= 11 is 0. The van der Waals surface area contributed by atoms with Crippen LogP contribution in [0.2, 0.25) is 0 Å². The first-order chi connectivity index (χ1) is 8.75. The highest BCUT2D eigenvalue weighted by atomic mass is 19.1. The molecule has 1 aliphatic heterocycles. The van der Waals surface area contributed by atoms with Crippen LogP contribution in [0.25, 0.3) is 11.1 Å². The van der Waals surface area contributed by atoms with Crippen LogP contribution in [0.4, 0.5) is 10.1 Å². The van der Waals surface area contributed by atoms with Gasteiger partial charge in [-0.1, -0.05) is 6.07 Å². The number of hydrogen-bond donors (Lipinski definition) is 1. The summed E-state index contributed by atoms with van der Waals surface area (Å²) in [6.07, 6.45) is 4.06. The van der Waals surface area contributed by atoms with Gasteiger partial charge in [0.2, 0.25) is 5.91 Å². The lowest BCUT2D eigenvalue weighted by atomic mass is 9.97. The number of carbonyl (C=O) groups is 1. The summed E-state index contributed by atoms with van der Waals surface area (Å²) in [7, 11) is 0. The number of aromatic nitrogens is 1. The molecule has 4 heteroatoms. The van der Waals surface area contributed by atoms with E-state index in [4.69, 9.17) is 0 Å². The standard InChI is InChI=1S/C14H11FN2O/c15-14-10(9-2-1-7-16-8-9)3-5-12-11(14)4-6-13(18)17-12/h1-3,5,7-8H,4,6H2,(H,17,18). The second kappa shape index (κ2) is 4.22. The molecular weight excluding hydrogens is 231 g/mol. The molecule has 2 aromatic rings. The predicted molar refractivity (Wildman–Crippen MR) is 66.6 cm³/mol. The molecule has 0 spiro atoms. The number of nitrogens with zero attached hydrogens (tertiary/aromatic N) is 1. The molecule has 0 unspecified atom stereocenters. The van der Waals surface area contributed by atoms with Gasteiger partial charge < -0.3 is 5.32 Å². The molecule has 1 aliphatic rings. The fourth-order valence-corrected chi connectivity index (χ4v) is 2.18. The molecule has 1 aromatic heterocycles. The summed E-state index contributed by atoms with van der Waals surface area (Å²) in [4.78, 5) is 15.2. The van der Waals surface area contributed by atoms with E-state index in [2.05, 4.69) is 10.3 Å². The molecule has 0 bridgehead atoms. The van der Waals surface area contributed by atoms with Crippen LogP contribution >= 0.6 is 0 Å². The van der Waals surface area contributed by atoms with Gasteiger partial charge in [-0.3, -0.25) is 9.78 Å². The Morgan fingerprint density at radius 2 is 2.11 bits per heavy atom. The number of amides is 1. The van der Waals surface area contributed by atoms with Gasteiger partial charge in [0, 0.05) is 41.2 Å². The Balaban J connectivity index is 2.12. The van der Waals surface area contributed by atoms with E-state index in [1.54, 1.807) is 30.6 Å². The van der Waals surface area contributed by atoms with Crippen LogP contribution in [0.3, 0.4) is 0 Å². The van der Waals surface area contributed by atoms with E-state index in [1.165, 1.54) is 0 Å². The Morgan fingerprint density at radius 3 is 2.89 bits per heavy atom. The van der Waals surface area contributed by atoms with Crippen molar-refractivity contribution >= 4 is 11.6 Å². The van der Waals surface area contributed by atoms with Crippen LogP contribution in [0.1, 0.15) is 12.0 Å². The summed E-state index contributed by atoms with van der Waals surface area (Å²) in [5.41, 5.74) is 2.43. The van der Waals surface area contributed by atoms with Gasteiger partial charge in [-0.05, 0) is 24.6 Å². The highest BCUT2D eigenvalue weighted by molar-refractivity contribution is 5.94. The van der Waals surface area contributed by atoms with Crippen LogP contribution in [0.5, 0.6) is 0 Å². The quantitative estimate of drug-likeness (QED) is 0.835. The minimum absolute atomic E-state index is 0.0592. The molecule has 0 aliphatic carbocycles. The van der Waals surface area contributed by atoms with Crippen LogP contribution in [-0.2, 0) is 11.2 Å². The summed E-state index contributed by atoms with van der Waals surface area (Å²) in [6.45, 7) is 0. The van der Waals surface area contributed by atoms with Gasteiger partial charge in [0.05, 0.1) is 0 Å². The maximum atomic E-state index is 14.4. The van der Waals surface area contributed by atoms with Crippen molar-refractivity contribution in [2.24, 2.45) is 0 Å². The van der Waals surface area contributed by atoms with Gasteiger partial charge in [0.15, 0.2) is 0 Å². The molecule has 90 valence electrons. The normalized spacial score (nSPS) is 13.9. The Labute approximate surface area is 104 Å². The molecule has 1 N–H and O–H groups in total. The van der Waals surface area contributed by atoms with Crippen LogP contribution in [0.15, 0.2) is 36.7 Å². The molecule has 1 aromatic carbocycles. The van der Waals surface area contributed by atoms with Crippen molar-refractivity contribution in [3.05, 3.63) is 48.0 Å². The molecule has 0 fully saturated rings. The Bertz CT molecular complexity index is 611. The first-order valence-electron chi connectivity index (χ1n) is 5.77. The molecule has 0 saturated heterocycles. The highest BCUT2D eigenvalue weighted by Crippen LogP contribution is 2.32. The third-order valence-corrected chi connectivity index (χ3v) is 3.09. The van der Waals surface area contributed by atoms with Crippen molar-refractivity contribution in [2.75, 3.05) is 5.32 Å². The average Bonchev–Trinajstić information content (AvgIpc) is 2.40. The lowest BCUT2D eigenvalue weighted by molar-refractivity contribution is -0.116. The predicted octanol–water partition coefficient (Wildman–Crippen LogP) is 2.77. The van der Waals surface area contributed by atoms with E-state index < -0.39 is 0 Å². The Morgan fingerprint density at radius 1 is 1.22 bits per heavy atom.